The van der Waals surface area contributed by atoms with Crippen molar-refractivity contribution in [3.8, 4) is 0 Å². The monoisotopic (exact) mass is 311 g/mol. The van der Waals surface area contributed by atoms with Crippen molar-refractivity contribution in [1.29, 1.82) is 0 Å². The highest BCUT2D eigenvalue weighted by Crippen LogP contribution is 2.27. The normalized spacial score (nSPS) is 12.1. The fraction of sp³-hybridized carbons (Fsp3) is 0.400. The van der Waals surface area contributed by atoms with Gasteiger partial charge in [0.15, 0.2) is 4.87 Å². The first-order chi connectivity index (χ1) is 10.6. The minimum atomic E-state index is 0.0169. The second kappa shape index (κ2) is 6.15. The molecule has 2 aromatic carbocycles. The van der Waals surface area contributed by atoms with Crippen LogP contribution in [0.3, 0.4) is 0 Å². The second-order valence-electron chi connectivity index (χ2n) is 8.04. The molecule has 0 aliphatic heterocycles. The number of benzene rings is 2. The molecular formula is C20H27N2O+. The number of rotatable bonds is 3. The Morgan fingerprint density at radius 3 is 1.87 bits per heavy atom. The van der Waals surface area contributed by atoms with Crippen LogP contribution >= 0.6 is 0 Å². The number of nitroso groups, excluding NO2 is 1. The zero-order valence-corrected chi connectivity index (χ0v) is 15.0. The van der Waals surface area contributed by atoms with Crippen LogP contribution in [0.5, 0.6) is 0 Å². The SMILES string of the molecule is CC(C)(C)c1cccc(N[N+](=O)c2cccc(C(C)(C)C)c2)c1. The van der Waals surface area contributed by atoms with Crippen LogP contribution in [0.2, 0.25) is 0 Å². The van der Waals surface area contributed by atoms with E-state index in [4.69, 9.17) is 0 Å². The minimum Gasteiger partial charge on any atom is -0.114 e. The van der Waals surface area contributed by atoms with E-state index in [9.17, 15) is 4.91 Å². The highest BCUT2D eigenvalue weighted by molar-refractivity contribution is 5.46. The third-order valence-corrected chi connectivity index (χ3v) is 3.91. The number of nitrogens with one attached hydrogen (secondary N) is 1. The number of nitrogens with zero attached hydrogens (tertiary/aromatic N) is 1. The molecule has 0 aromatic heterocycles. The average Bonchev–Trinajstić information content (AvgIpc) is 2.46. The highest BCUT2D eigenvalue weighted by Gasteiger charge is 2.21. The predicted molar refractivity (Wildman–Crippen MR) is 97.2 cm³/mol. The van der Waals surface area contributed by atoms with Gasteiger partial charge in [-0.15, -0.1) is 5.43 Å². The summed E-state index contributed by atoms with van der Waals surface area (Å²) in [6.07, 6.45) is 0. The van der Waals surface area contributed by atoms with Crippen LogP contribution in [0.15, 0.2) is 48.5 Å². The van der Waals surface area contributed by atoms with Gasteiger partial charge in [-0.25, -0.2) is 0 Å². The van der Waals surface area contributed by atoms with Gasteiger partial charge in [-0.3, -0.25) is 0 Å². The Kier molecular flexibility index (Phi) is 4.60. The lowest BCUT2D eigenvalue weighted by Gasteiger charge is -2.19. The molecule has 23 heavy (non-hydrogen) atoms. The van der Waals surface area contributed by atoms with Crippen molar-refractivity contribution in [3.63, 3.8) is 0 Å². The third kappa shape index (κ3) is 4.41. The number of hydrogen-bond acceptors (Lipinski definition) is 1. The lowest BCUT2D eigenvalue weighted by molar-refractivity contribution is -0.427. The summed E-state index contributed by atoms with van der Waals surface area (Å²) >= 11 is 0. The Balaban J connectivity index is 2.23. The molecule has 0 amide bonds. The molecule has 0 aliphatic rings. The van der Waals surface area contributed by atoms with Gasteiger partial charge in [0.1, 0.15) is 5.69 Å². The summed E-state index contributed by atoms with van der Waals surface area (Å²) in [5.41, 5.74) is 6.74. The largest absolute Gasteiger partial charge is 0.292 e. The standard InChI is InChI=1S/C20H27N2O/c1-19(2,3)15-9-7-11-17(13-15)21-22(23)18-12-8-10-16(14-18)20(4,5)6/h7-14H,1-6H3,(H,21,23)/q+1. The summed E-state index contributed by atoms with van der Waals surface area (Å²) in [5.74, 6) is 0. The molecule has 3 heteroatoms. The third-order valence-electron chi connectivity index (χ3n) is 3.91. The fourth-order valence-electron chi connectivity index (χ4n) is 2.34. The molecule has 122 valence electrons. The zero-order valence-electron chi connectivity index (χ0n) is 15.0. The average molecular weight is 311 g/mol. The predicted octanol–water partition coefficient (Wildman–Crippen LogP) is 5.72. The van der Waals surface area contributed by atoms with Gasteiger partial charge in [0.05, 0.1) is 4.91 Å². The van der Waals surface area contributed by atoms with Crippen molar-refractivity contribution in [2.75, 3.05) is 5.43 Å². The van der Waals surface area contributed by atoms with E-state index in [1.807, 2.05) is 36.4 Å². The van der Waals surface area contributed by atoms with E-state index in [1.54, 1.807) is 0 Å². The minimum absolute atomic E-state index is 0.0169. The van der Waals surface area contributed by atoms with Crippen molar-refractivity contribution in [2.45, 2.75) is 52.4 Å². The molecule has 1 N–H and O–H groups in total. The van der Waals surface area contributed by atoms with Gasteiger partial charge >= 0.3 is 0 Å². The molecule has 0 saturated heterocycles. The summed E-state index contributed by atoms with van der Waals surface area (Å²) in [4.78, 5) is 13.3. The molecule has 0 spiro atoms. The molecule has 0 aliphatic carbocycles. The lowest BCUT2D eigenvalue weighted by Crippen LogP contribution is -2.15. The Bertz CT molecular complexity index is 706. The molecule has 3 nitrogen and oxygen atoms in total. The van der Waals surface area contributed by atoms with Gasteiger partial charge in [0.25, 0.3) is 5.69 Å². The molecule has 0 atom stereocenters. The first kappa shape index (κ1) is 17.2. The van der Waals surface area contributed by atoms with Crippen molar-refractivity contribution >= 4 is 11.4 Å². The van der Waals surface area contributed by atoms with Crippen molar-refractivity contribution in [1.82, 2.24) is 0 Å². The van der Waals surface area contributed by atoms with Gasteiger partial charge in [-0.1, -0.05) is 65.8 Å². The smallest absolute Gasteiger partial charge is 0.114 e. The molecule has 0 saturated carbocycles. The number of hydrazine groups is 1. The topological polar surface area (TPSA) is 32.1 Å². The van der Waals surface area contributed by atoms with E-state index in [0.29, 0.717) is 5.69 Å². The van der Waals surface area contributed by atoms with E-state index in [-0.39, 0.29) is 10.8 Å². The van der Waals surface area contributed by atoms with Gasteiger partial charge < -0.3 is 0 Å². The van der Waals surface area contributed by atoms with E-state index in [2.05, 4.69) is 59.1 Å². The van der Waals surface area contributed by atoms with Gasteiger partial charge in [0, 0.05) is 12.1 Å². The molecule has 0 fully saturated rings. The van der Waals surface area contributed by atoms with Gasteiger partial charge in [-0.2, -0.15) is 0 Å². The lowest BCUT2D eigenvalue weighted by atomic mass is 9.87. The van der Waals surface area contributed by atoms with Crippen LogP contribution in [0.4, 0.5) is 11.4 Å². The van der Waals surface area contributed by atoms with Crippen LogP contribution in [0.25, 0.3) is 0 Å². The maximum Gasteiger partial charge on any atom is 0.292 e. The number of anilines is 1. The Labute approximate surface area is 139 Å². The first-order valence-corrected chi connectivity index (χ1v) is 8.02. The molecule has 0 unspecified atom stereocenters. The van der Waals surface area contributed by atoms with Crippen LogP contribution in [-0.2, 0) is 10.8 Å². The first-order valence-electron chi connectivity index (χ1n) is 8.02. The van der Waals surface area contributed by atoms with Gasteiger partial charge in [-0.05, 0) is 34.1 Å². The zero-order chi connectivity index (χ0) is 17.3. The Hall–Kier alpha value is -2.16. The summed E-state index contributed by atoms with van der Waals surface area (Å²) in [6.45, 7) is 12.9. The quantitative estimate of drug-likeness (QED) is 0.581. The van der Waals surface area contributed by atoms with Crippen molar-refractivity contribution in [3.05, 3.63) is 64.6 Å². The number of hydrogen-bond donors (Lipinski definition) is 1. The van der Waals surface area contributed by atoms with E-state index in [1.165, 1.54) is 5.56 Å². The second-order valence-corrected chi connectivity index (χ2v) is 8.04. The maximum atomic E-state index is 12.5. The summed E-state index contributed by atoms with van der Waals surface area (Å²) in [5, 5.41) is 0. The van der Waals surface area contributed by atoms with E-state index < -0.39 is 0 Å². The van der Waals surface area contributed by atoms with Crippen LogP contribution in [0, 0.1) is 4.91 Å². The molecule has 2 aromatic rings. The van der Waals surface area contributed by atoms with Crippen LogP contribution in [0.1, 0.15) is 52.7 Å². The summed E-state index contributed by atoms with van der Waals surface area (Å²) in [7, 11) is 0. The molecule has 0 bridgehead atoms. The fourth-order valence-corrected chi connectivity index (χ4v) is 2.34. The van der Waals surface area contributed by atoms with E-state index >= 15 is 0 Å². The van der Waals surface area contributed by atoms with E-state index in [0.717, 1.165) is 16.1 Å². The summed E-state index contributed by atoms with van der Waals surface area (Å²) in [6, 6.07) is 15.7. The van der Waals surface area contributed by atoms with Crippen LogP contribution < -0.4 is 5.43 Å². The van der Waals surface area contributed by atoms with Crippen molar-refractivity contribution in [2.24, 2.45) is 0 Å². The van der Waals surface area contributed by atoms with Gasteiger partial charge in [0.2, 0.25) is 0 Å². The highest BCUT2D eigenvalue weighted by atomic mass is 16.3. The molecule has 0 heterocycles. The molecule has 0 radical (unpaired) electrons. The molecule has 2 rings (SSSR count). The summed E-state index contributed by atoms with van der Waals surface area (Å²) < 4.78 is 0. The Morgan fingerprint density at radius 1 is 0.783 bits per heavy atom. The Morgan fingerprint density at radius 2 is 1.30 bits per heavy atom. The van der Waals surface area contributed by atoms with Crippen LogP contribution in [-0.4, -0.2) is 4.87 Å². The maximum absolute atomic E-state index is 12.5. The van der Waals surface area contributed by atoms with Crippen molar-refractivity contribution < 1.29 is 4.87 Å². The molecular weight excluding hydrogens is 284 g/mol.